The molecule has 0 aromatic heterocycles. The maximum atomic E-state index is 12.3. The Kier molecular flexibility index (Phi) is 6.82. The first kappa shape index (κ1) is 18.0. The second kappa shape index (κ2) is 9.08. The minimum atomic E-state index is -0.0799. The molecule has 0 heterocycles. The van der Waals surface area contributed by atoms with Crippen LogP contribution < -0.4 is 15.4 Å². The molecule has 0 spiro atoms. The normalized spacial score (nSPS) is 12.0. The molecule has 4 heteroatoms. The summed E-state index contributed by atoms with van der Waals surface area (Å²) in [6.45, 7) is 7.03. The Morgan fingerprint density at radius 1 is 1.04 bits per heavy atom. The number of anilines is 1. The van der Waals surface area contributed by atoms with Gasteiger partial charge in [-0.25, -0.2) is 0 Å². The van der Waals surface area contributed by atoms with Crippen molar-refractivity contribution in [1.29, 1.82) is 0 Å². The maximum absolute atomic E-state index is 12.3. The van der Waals surface area contributed by atoms with Crippen LogP contribution in [0.3, 0.4) is 0 Å². The first-order valence-corrected chi connectivity index (χ1v) is 8.41. The average Bonchev–Trinajstić information content (AvgIpc) is 2.58. The lowest BCUT2D eigenvalue weighted by Crippen LogP contribution is -2.33. The van der Waals surface area contributed by atoms with E-state index in [1.165, 1.54) is 5.56 Å². The Morgan fingerprint density at radius 3 is 2.38 bits per heavy atom. The number of ether oxygens (including phenoxy) is 1. The highest BCUT2D eigenvalue weighted by Gasteiger charge is 2.16. The fraction of sp³-hybridized carbons (Fsp3) is 0.350. The van der Waals surface area contributed by atoms with Crippen molar-refractivity contribution in [2.75, 3.05) is 18.5 Å². The van der Waals surface area contributed by atoms with Crippen LogP contribution in [0.25, 0.3) is 0 Å². The SMILES string of the molecule is CCOc1ccccc1NC(=O)CN[C@H](c1ccccc1)C(C)C. The summed E-state index contributed by atoms with van der Waals surface area (Å²) >= 11 is 0. The molecular formula is C20H26N2O2. The number of amides is 1. The standard InChI is InChI=1S/C20H26N2O2/c1-4-24-18-13-9-8-12-17(18)22-19(23)14-21-20(15(2)3)16-10-6-5-7-11-16/h5-13,15,20-21H,4,14H2,1-3H3,(H,22,23)/t20-/m0/s1. The number of hydrogen-bond donors (Lipinski definition) is 2. The van der Waals surface area contributed by atoms with Gasteiger partial charge in [0.15, 0.2) is 0 Å². The molecule has 1 amide bonds. The smallest absolute Gasteiger partial charge is 0.238 e. The van der Waals surface area contributed by atoms with Gasteiger partial charge in [-0.3, -0.25) is 4.79 Å². The van der Waals surface area contributed by atoms with Crippen molar-refractivity contribution in [3.05, 3.63) is 60.2 Å². The fourth-order valence-electron chi connectivity index (χ4n) is 2.65. The van der Waals surface area contributed by atoms with Crippen molar-refractivity contribution in [2.24, 2.45) is 5.92 Å². The number of carbonyl (C=O) groups excluding carboxylic acids is 1. The summed E-state index contributed by atoms with van der Waals surface area (Å²) in [4.78, 5) is 12.3. The van der Waals surface area contributed by atoms with Gasteiger partial charge >= 0.3 is 0 Å². The van der Waals surface area contributed by atoms with Crippen LogP contribution in [0.15, 0.2) is 54.6 Å². The Labute approximate surface area is 144 Å². The van der Waals surface area contributed by atoms with Crippen molar-refractivity contribution in [1.82, 2.24) is 5.32 Å². The fourth-order valence-corrected chi connectivity index (χ4v) is 2.65. The number of rotatable bonds is 8. The van der Waals surface area contributed by atoms with E-state index in [0.717, 1.165) is 0 Å². The van der Waals surface area contributed by atoms with Crippen molar-refractivity contribution in [3.8, 4) is 5.75 Å². The van der Waals surface area contributed by atoms with Crippen LogP contribution in [-0.4, -0.2) is 19.1 Å². The average molecular weight is 326 g/mol. The van der Waals surface area contributed by atoms with Gasteiger partial charge < -0.3 is 15.4 Å². The van der Waals surface area contributed by atoms with E-state index in [4.69, 9.17) is 4.74 Å². The van der Waals surface area contributed by atoms with E-state index in [9.17, 15) is 4.79 Å². The molecule has 2 aromatic rings. The topological polar surface area (TPSA) is 50.4 Å². The summed E-state index contributed by atoms with van der Waals surface area (Å²) in [6.07, 6.45) is 0. The lowest BCUT2D eigenvalue weighted by molar-refractivity contribution is -0.115. The number of para-hydroxylation sites is 2. The number of carbonyl (C=O) groups is 1. The monoisotopic (exact) mass is 326 g/mol. The predicted octanol–water partition coefficient (Wildman–Crippen LogP) is 4.01. The van der Waals surface area contributed by atoms with Crippen molar-refractivity contribution < 1.29 is 9.53 Å². The molecule has 0 radical (unpaired) electrons. The van der Waals surface area contributed by atoms with Crippen molar-refractivity contribution in [3.63, 3.8) is 0 Å². The Balaban J connectivity index is 1.97. The van der Waals surface area contributed by atoms with Crippen LogP contribution in [0, 0.1) is 5.92 Å². The van der Waals surface area contributed by atoms with E-state index >= 15 is 0 Å². The summed E-state index contributed by atoms with van der Waals surface area (Å²) < 4.78 is 5.54. The van der Waals surface area contributed by atoms with E-state index in [-0.39, 0.29) is 18.5 Å². The highest BCUT2D eigenvalue weighted by atomic mass is 16.5. The molecule has 2 N–H and O–H groups in total. The molecule has 128 valence electrons. The van der Waals surface area contributed by atoms with Gasteiger partial charge in [0.1, 0.15) is 5.75 Å². The third-order valence-corrected chi connectivity index (χ3v) is 3.77. The summed E-state index contributed by atoms with van der Waals surface area (Å²) in [5.74, 6) is 0.997. The molecule has 0 aliphatic rings. The summed E-state index contributed by atoms with van der Waals surface area (Å²) in [6, 6.07) is 17.8. The van der Waals surface area contributed by atoms with E-state index in [1.807, 2.05) is 49.4 Å². The number of benzene rings is 2. The summed E-state index contributed by atoms with van der Waals surface area (Å²) in [5.41, 5.74) is 1.89. The maximum Gasteiger partial charge on any atom is 0.238 e. The molecule has 0 saturated carbocycles. The van der Waals surface area contributed by atoms with Crippen LogP contribution in [0.5, 0.6) is 5.75 Å². The Morgan fingerprint density at radius 2 is 1.71 bits per heavy atom. The van der Waals surface area contributed by atoms with Crippen LogP contribution in [0.1, 0.15) is 32.4 Å². The van der Waals surface area contributed by atoms with Gasteiger partial charge in [0, 0.05) is 6.04 Å². The zero-order chi connectivity index (χ0) is 17.4. The third kappa shape index (κ3) is 5.10. The molecule has 4 nitrogen and oxygen atoms in total. The van der Waals surface area contributed by atoms with E-state index in [1.54, 1.807) is 0 Å². The predicted molar refractivity (Wildman–Crippen MR) is 98.3 cm³/mol. The molecule has 0 bridgehead atoms. The quantitative estimate of drug-likeness (QED) is 0.770. The van der Waals surface area contributed by atoms with Crippen LogP contribution in [0.4, 0.5) is 5.69 Å². The Bertz CT molecular complexity index is 641. The van der Waals surface area contributed by atoms with Crippen LogP contribution in [-0.2, 0) is 4.79 Å². The second-order valence-corrected chi connectivity index (χ2v) is 5.99. The van der Waals surface area contributed by atoms with E-state index in [2.05, 4.69) is 36.6 Å². The summed E-state index contributed by atoms with van der Waals surface area (Å²) in [5, 5.41) is 6.27. The van der Waals surface area contributed by atoms with Gasteiger partial charge in [0.2, 0.25) is 5.91 Å². The van der Waals surface area contributed by atoms with Gasteiger partial charge in [-0.2, -0.15) is 0 Å². The minimum absolute atomic E-state index is 0.0799. The molecule has 0 unspecified atom stereocenters. The zero-order valence-electron chi connectivity index (χ0n) is 14.6. The first-order chi connectivity index (χ1) is 11.6. The number of hydrogen-bond acceptors (Lipinski definition) is 3. The highest BCUT2D eigenvalue weighted by molar-refractivity contribution is 5.93. The lowest BCUT2D eigenvalue weighted by Gasteiger charge is -2.23. The molecule has 0 aliphatic carbocycles. The minimum Gasteiger partial charge on any atom is -0.492 e. The summed E-state index contributed by atoms with van der Waals surface area (Å²) in [7, 11) is 0. The molecule has 0 saturated heterocycles. The molecule has 1 atom stereocenters. The number of nitrogens with one attached hydrogen (secondary N) is 2. The van der Waals surface area contributed by atoms with Crippen LogP contribution >= 0.6 is 0 Å². The molecule has 0 aliphatic heterocycles. The van der Waals surface area contributed by atoms with E-state index < -0.39 is 0 Å². The highest BCUT2D eigenvalue weighted by Crippen LogP contribution is 2.24. The van der Waals surface area contributed by atoms with Crippen molar-refractivity contribution in [2.45, 2.75) is 26.8 Å². The van der Waals surface area contributed by atoms with Gasteiger partial charge in [0.25, 0.3) is 0 Å². The zero-order valence-corrected chi connectivity index (χ0v) is 14.6. The van der Waals surface area contributed by atoms with Gasteiger partial charge in [-0.05, 0) is 30.5 Å². The molecule has 0 fully saturated rings. The molecule has 2 aromatic carbocycles. The first-order valence-electron chi connectivity index (χ1n) is 8.41. The lowest BCUT2D eigenvalue weighted by atomic mass is 9.96. The molecule has 2 rings (SSSR count). The van der Waals surface area contributed by atoms with Crippen molar-refractivity contribution >= 4 is 11.6 Å². The van der Waals surface area contributed by atoms with E-state index in [0.29, 0.717) is 24.0 Å². The van der Waals surface area contributed by atoms with Gasteiger partial charge in [0.05, 0.1) is 18.8 Å². The van der Waals surface area contributed by atoms with Gasteiger partial charge in [-0.15, -0.1) is 0 Å². The molecular weight excluding hydrogens is 300 g/mol. The second-order valence-electron chi connectivity index (χ2n) is 5.99. The molecule has 24 heavy (non-hydrogen) atoms. The Hall–Kier alpha value is -2.33. The largest absolute Gasteiger partial charge is 0.492 e. The third-order valence-electron chi connectivity index (χ3n) is 3.77. The van der Waals surface area contributed by atoms with Gasteiger partial charge in [-0.1, -0.05) is 56.3 Å². The van der Waals surface area contributed by atoms with Crippen LogP contribution in [0.2, 0.25) is 0 Å².